The Bertz CT molecular complexity index is 800. The van der Waals surface area contributed by atoms with E-state index in [1.807, 2.05) is 24.3 Å². The number of aliphatic hydroxyl groups is 1. The van der Waals surface area contributed by atoms with E-state index in [0.29, 0.717) is 27.1 Å². The van der Waals surface area contributed by atoms with Gasteiger partial charge in [-0.15, -0.1) is 0 Å². The monoisotopic (exact) mass is 318 g/mol. The second kappa shape index (κ2) is 5.94. The zero-order valence-corrected chi connectivity index (χ0v) is 12.5. The van der Waals surface area contributed by atoms with Crippen LogP contribution in [0.1, 0.15) is 5.56 Å². The van der Waals surface area contributed by atoms with Gasteiger partial charge in [0.05, 0.1) is 11.6 Å². The first-order chi connectivity index (χ1) is 10.2. The molecule has 0 bridgehead atoms. The molecule has 3 rings (SSSR count). The van der Waals surface area contributed by atoms with Gasteiger partial charge in [0.25, 0.3) is 0 Å². The number of rotatable bonds is 3. The summed E-state index contributed by atoms with van der Waals surface area (Å²) in [5, 5.41) is 12.4. The summed E-state index contributed by atoms with van der Waals surface area (Å²) in [6.07, 6.45) is 0. The highest BCUT2D eigenvalue weighted by molar-refractivity contribution is 6.35. The number of hydrogen-bond donors (Lipinski definition) is 1. The minimum absolute atomic E-state index is 0.137. The maximum atomic E-state index is 9.42. The fourth-order valence-electron chi connectivity index (χ4n) is 2.23. The lowest BCUT2D eigenvalue weighted by Crippen LogP contribution is -1.93. The van der Waals surface area contributed by atoms with E-state index in [0.717, 1.165) is 10.8 Å². The molecule has 1 N–H and O–H groups in total. The van der Waals surface area contributed by atoms with Crippen LogP contribution in [-0.2, 0) is 6.61 Å². The minimum atomic E-state index is -0.137. The van der Waals surface area contributed by atoms with Gasteiger partial charge < -0.3 is 9.84 Å². The van der Waals surface area contributed by atoms with Gasteiger partial charge in [-0.25, -0.2) is 0 Å². The molecule has 4 heteroatoms. The van der Waals surface area contributed by atoms with Crippen molar-refractivity contribution in [3.05, 3.63) is 70.2 Å². The highest BCUT2D eigenvalue weighted by atomic mass is 35.5. The molecule has 2 nitrogen and oxygen atoms in total. The third kappa shape index (κ3) is 2.70. The van der Waals surface area contributed by atoms with Crippen LogP contribution in [0.25, 0.3) is 10.8 Å². The van der Waals surface area contributed by atoms with E-state index in [4.69, 9.17) is 27.9 Å². The van der Waals surface area contributed by atoms with E-state index < -0.39 is 0 Å². The lowest BCUT2D eigenvalue weighted by Gasteiger charge is -2.14. The molecule has 0 atom stereocenters. The number of fused-ring (bicyclic) bond motifs is 1. The molecule has 0 radical (unpaired) electrons. The lowest BCUT2D eigenvalue weighted by atomic mass is 10.1. The molecule has 0 amide bonds. The van der Waals surface area contributed by atoms with Crippen LogP contribution in [0.15, 0.2) is 54.6 Å². The van der Waals surface area contributed by atoms with Crippen molar-refractivity contribution in [3.63, 3.8) is 0 Å². The first-order valence-corrected chi connectivity index (χ1v) is 7.19. The number of benzene rings is 3. The van der Waals surface area contributed by atoms with E-state index in [1.54, 1.807) is 30.3 Å². The Morgan fingerprint density at radius 2 is 1.57 bits per heavy atom. The van der Waals surface area contributed by atoms with Crippen LogP contribution in [0.5, 0.6) is 11.5 Å². The summed E-state index contributed by atoms with van der Waals surface area (Å²) in [6, 6.07) is 16.6. The van der Waals surface area contributed by atoms with Crippen molar-refractivity contribution >= 4 is 34.0 Å². The largest absolute Gasteiger partial charge is 0.455 e. The third-order valence-electron chi connectivity index (χ3n) is 3.26. The van der Waals surface area contributed by atoms with Gasteiger partial charge in [0.15, 0.2) is 5.75 Å². The SMILES string of the molecule is OCc1cccc(Cl)c1Oc1ccc(Cl)c2ccccc12. The van der Waals surface area contributed by atoms with E-state index in [1.165, 1.54) is 0 Å². The van der Waals surface area contributed by atoms with Gasteiger partial charge in [0, 0.05) is 21.4 Å². The first-order valence-electron chi connectivity index (χ1n) is 6.44. The smallest absolute Gasteiger partial charge is 0.151 e. The maximum absolute atomic E-state index is 9.42. The molecule has 0 heterocycles. The predicted molar refractivity (Wildman–Crippen MR) is 86.4 cm³/mol. The zero-order valence-electron chi connectivity index (χ0n) is 11.0. The highest BCUT2D eigenvalue weighted by Crippen LogP contribution is 2.38. The van der Waals surface area contributed by atoms with Crippen molar-refractivity contribution in [1.82, 2.24) is 0 Å². The number of halogens is 2. The molecular formula is C17H12Cl2O2. The van der Waals surface area contributed by atoms with Gasteiger partial charge in [0.2, 0.25) is 0 Å². The molecule has 3 aromatic rings. The van der Waals surface area contributed by atoms with Crippen molar-refractivity contribution in [2.45, 2.75) is 6.61 Å². The average Bonchev–Trinajstić information content (AvgIpc) is 2.52. The van der Waals surface area contributed by atoms with Crippen LogP contribution in [-0.4, -0.2) is 5.11 Å². The first kappa shape index (κ1) is 14.2. The Kier molecular flexibility index (Phi) is 4.02. The topological polar surface area (TPSA) is 29.5 Å². The fourth-order valence-corrected chi connectivity index (χ4v) is 2.69. The van der Waals surface area contributed by atoms with E-state index in [2.05, 4.69) is 0 Å². The van der Waals surface area contributed by atoms with Gasteiger partial charge >= 0.3 is 0 Å². The Morgan fingerprint density at radius 1 is 0.810 bits per heavy atom. The van der Waals surface area contributed by atoms with E-state index in [-0.39, 0.29) is 6.61 Å². The van der Waals surface area contributed by atoms with Gasteiger partial charge in [-0.1, -0.05) is 59.6 Å². The van der Waals surface area contributed by atoms with Crippen LogP contribution in [0.3, 0.4) is 0 Å². The summed E-state index contributed by atoms with van der Waals surface area (Å²) in [7, 11) is 0. The molecule has 0 aliphatic carbocycles. The highest BCUT2D eigenvalue weighted by Gasteiger charge is 2.12. The fraction of sp³-hybridized carbons (Fsp3) is 0.0588. The molecule has 106 valence electrons. The number of hydrogen-bond acceptors (Lipinski definition) is 2. The number of para-hydroxylation sites is 1. The Hall–Kier alpha value is -1.74. The number of aliphatic hydroxyl groups excluding tert-OH is 1. The van der Waals surface area contributed by atoms with E-state index >= 15 is 0 Å². The maximum Gasteiger partial charge on any atom is 0.151 e. The second-order valence-corrected chi connectivity index (χ2v) is 5.39. The summed E-state index contributed by atoms with van der Waals surface area (Å²) in [6.45, 7) is -0.137. The minimum Gasteiger partial charge on any atom is -0.455 e. The summed E-state index contributed by atoms with van der Waals surface area (Å²) in [4.78, 5) is 0. The van der Waals surface area contributed by atoms with Gasteiger partial charge in [0.1, 0.15) is 5.75 Å². The Morgan fingerprint density at radius 3 is 2.33 bits per heavy atom. The summed E-state index contributed by atoms with van der Waals surface area (Å²) in [5.41, 5.74) is 0.640. The summed E-state index contributed by atoms with van der Waals surface area (Å²) in [5.74, 6) is 1.12. The third-order valence-corrected chi connectivity index (χ3v) is 3.89. The molecule has 0 unspecified atom stereocenters. The standard InChI is InChI=1S/C17H12Cl2O2/c18-14-8-9-16(13-6-2-1-5-12(13)14)21-17-11(10-20)4-3-7-15(17)19/h1-9,20H,10H2. The second-order valence-electron chi connectivity index (χ2n) is 4.58. The van der Waals surface area contributed by atoms with Crippen LogP contribution in [0.2, 0.25) is 10.0 Å². The number of ether oxygens (including phenoxy) is 1. The van der Waals surface area contributed by atoms with Crippen molar-refractivity contribution in [3.8, 4) is 11.5 Å². The van der Waals surface area contributed by atoms with Crippen molar-refractivity contribution < 1.29 is 9.84 Å². The molecule has 0 saturated carbocycles. The van der Waals surface area contributed by atoms with Gasteiger partial charge in [-0.3, -0.25) is 0 Å². The average molecular weight is 319 g/mol. The Balaban J connectivity index is 2.13. The van der Waals surface area contributed by atoms with Crippen molar-refractivity contribution in [2.24, 2.45) is 0 Å². The molecule has 0 aliphatic heterocycles. The van der Waals surface area contributed by atoms with Crippen molar-refractivity contribution in [1.29, 1.82) is 0 Å². The predicted octanol–water partition coefficient (Wildman–Crippen LogP) is 5.43. The molecule has 21 heavy (non-hydrogen) atoms. The van der Waals surface area contributed by atoms with Crippen molar-refractivity contribution in [2.75, 3.05) is 0 Å². The van der Waals surface area contributed by atoms with Crippen LogP contribution < -0.4 is 4.74 Å². The molecule has 0 saturated heterocycles. The molecule has 0 spiro atoms. The normalized spacial score (nSPS) is 10.8. The molecule has 0 fully saturated rings. The Labute approximate surface area is 132 Å². The van der Waals surface area contributed by atoms with Crippen LogP contribution in [0, 0.1) is 0 Å². The van der Waals surface area contributed by atoms with Crippen LogP contribution >= 0.6 is 23.2 Å². The zero-order chi connectivity index (χ0) is 14.8. The summed E-state index contributed by atoms with van der Waals surface area (Å²) >= 11 is 12.4. The van der Waals surface area contributed by atoms with Gasteiger partial charge in [-0.2, -0.15) is 0 Å². The lowest BCUT2D eigenvalue weighted by molar-refractivity contribution is 0.276. The summed E-state index contributed by atoms with van der Waals surface area (Å²) < 4.78 is 5.95. The molecule has 0 aromatic heterocycles. The molecule has 3 aromatic carbocycles. The van der Waals surface area contributed by atoms with E-state index in [9.17, 15) is 5.11 Å². The van der Waals surface area contributed by atoms with Crippen LogP contribution in [0.4, 0.5) is 0 Å². The quantitative estimate of drug-likeness (QED) is 0.697. The molecular weight excluding hydrogens is 307 g/mol. The van der Waals surface area contributed by atoms with Gasteiger partial charge in [-0.05, 0) is 18.2 Å². The molecule has 0 aliphatic rings.